The number of nitrogens with zero attached hydrogens (tertiary/aromatic N) is 2. The number of amides is 1. The van der Waals surface area contributed by atoms with E-state index in [-0.39, 0.29) is 24.5 Å². The van der Waals surface area contributed by atoms with Crippen LogP contribution < -0.4 is 4.90 Å². The van der Waals surface area contributed by atoms with Gasteiger partial charge in [0.05, 0.1) is 18.3 Å². The maximum absolute atomic E-state index is 12.1. The highest BCUT2D eigenvalue weighted by Gasteiger charge is 2.47. The van der Waals surface area contributed by atoms with Crippen LogP contribution in [0.15, 0.2) is 16.8 Å². The van der Waals surface area contributed by atoms with Crippen LogP contribution in [0.1, 0.15) is 12.8 Å². The lowest BCUT2D eigenvalue weighted by Gasteiger charge is -2.23. The largest absolute Gasteiger partial charge is 0.480 e. The molecule has 18 heavy (non-hydrogen) atoms. The van der Waals surface area contributed by atoms with E-state index in [0.29, 0.717) is 6.42 Å². The first-order valence-corrected chi connectivity index (χ1v) is 6.91. The molecule has 1 aromatic rings. The number of thiophene rings is 1. The SMILES string of the molecule is O=C(O)CN1CC[C@H]2[C@@H]1CC(=O)N2c1ccsc1. The molecular formula is C12H14N2O3S. The van der Waals surface area contributed by atoms with Crippen LogP contribution in [0.3, 0.4) is 0 Å². The molecule has 2 saturated heterocycles. The first-order valence-electron chi connectivity index (χ1n) is 5.97. The highest BCUT2D eigenvalue weighted by Crippen LogP contribution is 2.36. The van der Waals surface area contributed by atoms with Gasteiger partial charge in [-0.25, -0.2) is 0 Å². The second-order valence-corrected chi connectivity index (χ2v) is 5.52. The molecule has 0 bridgehead atoms. The number of anilines is 1. The van der Waals surface area contributed by atoms with Crippen LogP contribution in [0.4, 0.5) is 5.69 Å². The molecule has 0 aromatic carbocycles. The minimum atomic E-state index is -0.822. The molecule has 0 spiro atoms. The summed E-state index contributed by atoms with van der Waals surface area (Å²) in [4.78, 5) is 26.6. The van der Waals surface area contributed by atoms with Crippen LogP contribution in [-0.2, 0) is 9.59 Å². The zero-order valence-electron chi connectivity index (χ0n) is 9.78. The van der Waals surface area contributed by atoms with Crippen LogP contribution in [0.5, 0.6) is 0 Å². The number of aliphatic carboxylic acids is 1. The van der Waals surface area contributed by atoms with Crippen molar-refractivity contribution < 1.29 is 14.7 Å². The predicted octanol–water partition coefficient (Wildman–Crippen LogP) is 1.01. The second-order valence-electron chi connectivity index (χ2n) is 4.74. The summed E-state index contributed by atoms with van der Waals surface area (Å²) in [5.74, 6) is -0.712. The average Bonchev–Trinajstić information content (AvgIpc) is 2.96. The average molecular weight is 266 g/mol. The lowest BCUT2D eigenvalue weighted by Crippen LogP contribution is -2.39. The van der Waals surface area contributed by atoms with Crippen LogP contribution in [0, 0.1) is 0 Å². The Kier molecular flexibility index (Phi) is 2.83. The molecule has 0 unspecified atom stereocenters. The standard InChI is InChI=1S/C12H14N2O3S/c15-11-5-10-9(1-3-13(10)6-12(16)17)14(11)8-2-4-18-7-8/h2,4,7,9-10H,1,3,5-6H2,(H,16,17)/t9-,10-/m0/s1. The third kappa shape index (κ3) is 1.81. The van der Waals surface area contributed by atoms with Crippen LogP contribution in [-0.4, -0.2) is 47.1 Å². The van der Waals surface area contributed by atoms with Gasteiger partial charge in [-0.3, -0.25) is 14.5 Å². The third-order valence-electron chi connectivity index (χ3n) is 3.73. The predicted molar refractivity (Wildman–Crippen MR) is 67.8 cm³/mol. The van der Waals surface area contributed by atoms with Gasteiger partial charge in [0.2, 0.25) is 5.91 Å². The Labute approximate surface area is 109 Å². The van der Waals surface area contributed by atoms with Gasteiger partial charge in [-0.15, -0.1) is 0 Å². The molecule has 96 valence electrons. The van der Waals surface area contributed by atoms with E-state index < -0.39 is 5.97 Å². The summed E-state index contributed by atoms with van der Waals surface area (Å²) in [5.41, 5.74) is 0.953. The number of likely N-dealkylation sites (tertiary alicyclic amines) is 1. The van der Waals surface area contributed by atoms with E-state index in [0.717, 1.165) is 18.7 Å². The smallest absolute Gasteiger partial charge is 0.317 e. The van der Waals surface area contributed by atoms with E-state index in [1.165, 1.54) is 0 Å². The summed E-state index contributed by atoms with van der Waals surface area (Å²) >= 11 is 1.57. The zero-order valence-corrected chi connectivity index (χ0v) is 10.6. The van der Waals surface area contributed by atoms with Crippen molar-refractivity contribution >= 4 is 28.9 Å². The molecule has 1 amide bonds. The Morgan fingerprint density at radius 1 is 1.50 bits per heavy atom. The molecule has 1 aromatic heterocycles. The molecule has 0 aliphatic carbocycles. The molecule has 6 heteroatoms. The normalized spacial score (nSPS) is 27.8. The Hall–Kier alpha value is -1.40. The molecule has 2 aliphatic heterocycles. The van der Waals surface area contributed by atoms with Crippen LogP contribution in [0.2, 0.25) is 0 Å². The molecule has 3 rings (SSSR count). The van der Waals surface area contributed by atoms with Crippen LogP contribution in [0.25, 0.3) is 0 Å². The lowest BCUT2D eigenvalue weighted by atomic mass is 10.1. The number of rotatable bonds is 3. The summed E-state index contributed by atoms with van der Waals surface area (Å²) in [7, 11) is 0. The van der Waals surface area contributed by atoms with Gasteiger partial charge in [0.25, 0.3) is 0 Å². The van der Waals surface area contributed by atoms with Gasteiger partial charge < -0.3 is 10.0 Å². The maximum atomic E-state index is 12.1. The first kappa shape index (κ1) is 11.7. The minimum absolute atomic E-state index is 0.0337. The van der Waals surface area contributed by atoms with Gasteiger partial charge in [-0.2, -0.15) is 11.3 Å². The Bertz CT molecular complexity index is 474. The van der Waals surface area contributed by atoms with E-state index in [1.807, 2.05) is 26.6 Å². The van der Waals surface area contributed by atoms with E-state index in [9.17, 15) is 9.59 Å². The summed E-state index contributed by atoms with van der Waals surface area (Å²) in [5, 5.41) is 12.8. The zero-order chi connectivity index (χ0) is 12.7. The topological polar surface area (TPSA) is 60.9 Å². The van der Waals surface area contributed by atoms with Crippen molar-refractivity contribution in [2.24, 2.45) is 0 Å². The summed E-state index contributed by atoms with van der Waals surface area (Å²) < 4.78 is 0. The first-order chi connectivity index (χ1) is 8.66. The number of carbonyl (C=O) groups is 2. The molecule has 0 radical (unpaired) electrons. The number of carboxylic acid groups (broad SMARTS) is 1. The van der Waals surface area contributed by atoms with Gasteiger partial charge in [0.15, 0.2) is 0 Å². The molecular weight excluding hydrogens is 252 g/mol. The van der Waals surface area contributed by atoms with Crippen molar-refractivity contribution in [3.8, 4) is 0 Å². The second kappa shape index (κ2) is 4.37. The van der Waals surface area contributed by atoms with E-state index in [1.54, 1.807) is 11.3 Å². The Morgan fingerprint density at radius 2 is 2.33 bits per heavy atom. The van der Waals surface area contributed by atoms with E-state index >= 15 is 0 Å². The van der Waals surface area contributed by atoms with Crippen molar-refractivity contribution in [1.29, 1.82) is 0 Å². The van der Waals surface area contributed by atoms with Crippen LogP contribution >= 0.6 is 11.3 Å². The highest BCUT2D eigenvalue weighted by molar-refractivity contribution is 7.08. The van der Waals surface area contributed by atoms with Gasteiger partial charge in [-0.1, -0.05) is 0 Å². The van der Waals surface area contributed by atoms with Crippen molar-refractivity contribution in [2.45, 2.75) is 24.9 Å². The molecule has 2 aliphatic rings. The summed E-state index contributed by atoms with van der Waals surface area (Å²) in [6.45, 7) is 0.793. The number of hydrogen-bond donors (Lipinski definition) is 1. The van der Waals surface area contributed by atoms with Crippen molar-refractivity contribution in [2.75, 3.05) is 18.0 Å². The highest BCUT2D eigenvalue weighted by atomic mass is 32.1. The number of carboxylic acids is 1. The molecule has 0 saturated carbocycles. The monoisotopic (exact) mass is 266 g/mol. The number of fused-ring (bicyclic) bond motifs is 1. The Balaban J connectivity index is 1.81. The van der Waals surface area contributed by atoms with Crippen molar-refractivity contribution in [3.63, 3.8) is 0 Å². The van der Waals surface area contributed by atoms with Gasteiger partial charge >= 0.3 is 5.97 Å². The molecule has 2 atom stereocenters. The molecule has 5 nitrogen and oxygen atoms in total. The summed E-state index contributed by atoms with van der Waals surface area (Å²) in [6, 6.07) is 2.16. The molecule has 3 heterocycles. The fourth-order valence-corrected chi connectivity index (χ4v) is 3.66. The van der Waals surface area contributed by atoms with Crippen molar-refractivity contribution in [1.82, 2.24) is 4.90 Å². The molecule has 1 N–H and O–H groups in total. The van der Waals surface area contributed by atoms with E-state index in [2.05, 4.69) is 0 Å². The third-order valence-corrected chi connectivity index (χ3v) is 4.40. The fraction of sp³-hybridized carbons (Fsp3) is 0.500. The minimum Gasteiger partial charge on any atom is -0.480 e. The fourth-order valence-electron chi connectivity index (χ4n) is 3.03. The molecule has 2 fully saturated rings. The lowest BCUT2D eigenvalue weighted by molar-refractivity contribution is -0.138. The number of carbonyl (C=O) groups excluding carboxylic acids is 1. The van der Waals surface area contributed by atoms with Gasteiger partial charge in [-0.05, 0) is 17.9 Å². The summed E-state index contributed by atoms with van der Waals surface area (Å²) in [6.07, 6.45) is 1.30. The van der Waals surface area contributed by atoms with Crippen molar-refractivity contribution in [3.05, 3.63) is 16.8 Å². The quantitative estimate of drug-likeness (QED) is 0.887. The van der Waals surface area contributed by atoms with E-state index in [4.69, 9.17) is 5.11 Å². The number of hydrogen-bond acceptors (Lipinski definition) is 4. The van der Waals surface area contributed by atoms with Gasteiger partial charge in [0, 0.05) is 24.4 Å². The Morgan fingerprint density at radius 3 is 3.00 bits per heavy atom. The van der Waals surface area contributed by atoms with Gasteiger partial charge in [0.1, 0.15) is 0 Å². The maximum Gasteiger partial charge on any atom is 0.317 e.